The third-order valence-corrected chi connectivity index (χ3v) is 5.09. The Balaban J connectivity index is 2.23. The van der Waals surface area contributed by atoms with Crippen molar-refractivity contribution in [3.63, 3.8) is 0 Å². The Morgan fingerprint density at radius 2 is 1.80 bits per heavy atom. The van der Waals surface area contributed by atoms with E-state index < -0.39 is 0 Å². The molecule has 0 N–H and O–H groups in total. The molecule has 2 saturated carbocycles. The largest absolute Gasteiger partial charge is 0.299 e. The maximum absolute atomic E-state index is 11.8. The highest BCUT2D eigenvalue weighted by atomic mass is 16.1. The van der Waals surface area contributed by atoms with Crippen molar-refractivity contribution in [2.75, 3.05) is 0 Å². The highest BCUT2D eigenvalue weighted by Gasteiger charge is 2.48. The zero-order valence-electron chi connectivity index (χ0n) is 10.6. The predicted molar refractivity (Wildman–Crippen MR) is 62.6 cm³/mol. The number of fused-ring (bicyclic) bond motifs is 1. The summed E-state index contributed by atoms with van der Waals surface area (Å²) in [5, 5.41) is 0. The van der Waals surface area contributed by atoms with Crippen molar-refractivity contribution in [2.24, 2.45) is 22.7 Å². The second-order valence-electron chi connectivity index (χ2n) is 6.88. The van der Waals surface area contributed by atoms with Gasteiger partial charge in [-0.25, -0.2) is 0 Å². The molecule has 3 atom stereocenters. The average Bonchev–Trinajstić information content (AvgIpc) is 2.16. The number of hydrogen-bond acceptors (Lipinski definition) is 1. The van der Waals surface area contributed by atoms with Gasteiger partial charge in [0, 0.05) is 12.3 Å². The third-order valence-electron chi connectivity index (χ3n) is 5.09. The van der Waals surface area contributed by atoms with Crippen LogP contribution in [0.5, 0.6) is 0 Å². The van der Waals surface area contributed by atoms with E-state index in [0.29, 0.717) is 28.4 Å². The maximum Gasteiger partial charge on any atom is 0.136 e. The first kappa shape index (κ1) is 11.2. The number of hydrogen-bond donors (Lipinski definition) is 0. The predicted octanol–water partition coefficient (Wildman–Crippen LogP) is 3.82. The van der Waals surface area contributed by atoms with Crippen molar-refractivity contribution in [3.8, 4) is 0 Å². The lowest BCUT2D eigenvalue weighted by Gasteiger charge is -2.52. The van der Waals surface area contributed by atoms with E-state index >= 15 is 0 Å². The molecular formula is C14H24O. The van der Waals surface area contributed by atoms with Crippen LogP contribution in [0.15, 0.2) is 0 Å². The first-order chi connectivity index (χ1) is 6.84. The Hall–Kier alpha value is -0.330. The van der Waals surface area contributed by atoms with E-state index in [9.17, 15) is 4.79 Å². The van der Waals surface area contributed by atoms with Crippen LogP contribution in [-0.4, -0.2) is 5.78 Å². The molecule has 0 spiro atoms. The summed E-state index contributed by atoms with van der Waals surface area (Å²) in [7, 11) is 0. The van der Waals surface area contributed by atoms with E-state index in [1.807, 2.05) is 0 Å². The molecule has 86 valence electrons. The summed E-state index contributed by atoms with van der Waals surface area (Å²) in [6.45, 7) is 9.29. The zero-order valence-corrected chi connectivity index (χ0v) is 10.6. The molecule has 0 radical (unpaired) electrons. The summed E-state index contributed by atoms with van der Waals surface area (Å²) in [4.78, 5) is 11.8. The minimum absolute atomic E-state index is 0.309. The monoisotopic (exact) mass is 208 g/mol. The minimum Gasteiger partial charge on any atom is -0.299 e. The highest BCUT2D eigenvalue weighted by Crippen LogP contribution is 2.56. The number of Topliss-reactive ketones (excluding diaryl/α,β-unsaturated/α-hetero) is 1. The van der Waals surface area contributed by atoms with Crippen LogP contribution in [0.2, 0.25) is 0 Å². The molecule has 0 aliphatic heterocycles. The second-order valence-corrected chi connectivity index (χ2v) is 6.88. The van der Waals surface area contributed by atoms with Gasteiger partial charge in [0.25, 0.3) is 0 Å². The molecule has 1 nitrogen and oxygen atoms in total. The van der Waals surface area contributed by atoms with Gasteiger partial charge in [0.15, 0.2) is 0 Å². The van der Waals surface area contributed by atoms with Crippen LogP contribution in [-0.2, 0) is 4.79 Å². The summed E-state index contributed by atoms with van der Waals surface area (Å²) in [6.07, 6.45) is 5.87. The summed E-state index contributed by atoms with van der Waals surface area (Å²) < 4.78 is 0. The minimum atomic E-state index is 0.309. The van der Waals surface area contributed by atoms with Crippen LogP contribution in [0, 0.1) is 22.7 Å². The van der Waals surface area contributed by atoms with E-state index in [2.05, 4.69) is 27.7 Å². The van der Waals surface area contributed by atoms with Gasteiger partial charge in [-0.15, -0.1) is 0 Å². The van der Waals surface area contributed by atoms with Crippen LogP contribution in [0.1, 0.15) is 59.8 Å². The van der Waals surface area contributed by atoms with Gasteiger partial charge in [0.05, 0.1) is 0 Å². The van der Waals surface area contributed by atoms with E-state index in [-0.39, 0.29) is 0 Å². The third kappa shape index (κ3) is 1.86. The first-order valence-electron chi connectivity index (χ1n) is 6.37. The van der Waals surface area contributed by atoms with Crippen LogP contribution >= 0.6 is 0 Å². The van der Waals surface area contributed by atoms with E-state index in [1.165, 1.54) is 19.3 Å². The zero-order chi connectivity index (χ0) is 11.3. The lowest BCUT2D eigenvalue weighted by molar-refractivity contribution is -0.134. The van der Waals surface area contributed by atoms with Gasteiger partial charge in [-0.1, -0.05) is 27.7 Å². The van der Waals surface area contributed by atoms with E-state index in [4.69, 9.17) is 0 Å². The van der Waals surface area contributed by atoms with Crippen molar-refractivity contribution < 1.29 is 4.79 Å². The standard InChI is InChI=1S/C14H24O/c1-10-11-9-13(2,3)7-8-14(11,4)6-5-12(10)15/h10-11H,5-9H2,1-4H3. The van der Waals surface area contributed by atoms with Gasteiger partial charge in [0.1, 0.15) is 5.78 Å². The lowest BCUT2D eigenvalue weighted by atomic mass is 9.52. The topological polar surface area (TPSA) is 17.1 Å². The van der Waals surface area contributed by atoms with Crippen LogP contribution in [0.25, 0.3) is 0 Å². The highest BCUT2D eigenvalue weighted by molar-refractivity contribution is 5.82. The summed E-state index contributed by atoms with van der Waals surface area (Å²) in [5.41, 5.74) is 0.916. The van der Waals surface area contributed by atoms with Crippen LogP contribution in [0.3, 0.4) is 0 Å². The molecule has 0 amide bonds. The number of carbonyl (C=O) groups is 1. The molecule has 0 aromatic carbocycles. The molecule has 0 heterocycles. The van der Waals surface area contributed by atoms with Crippen molar-refractivity contribution in [1.29, 1.82) is 0 Å². The quantitative estimate of drug-likeness (QED) is 0.591. The first-order valence-corrected chi connectivity index (χ1v) is 6.37. The van der Waals surface area contributed by atoms with Gasteiger partial charge in [-0.2, -0.15) is 0 Å². The second kappa shape index (κ2) is 3.33. The normalized spacial score (nSPS) is 44.9. The Bertz CT molecular complexity index is 279. The molecule has 2 aliphatic carbocycles. The molecule has 2 rings (SSSR count). The van der Waals surface area contributed by atoms with Crippen molar-refractivity contribution >= 4 is 5.78 Å². The Kier molecular flexibility index (Phi) is 2.48. The van der Waals surface area contributed by atoms with Crippen LogP contribution in [0.4, 0.5) is 0 Å². The maximum atomic E-state index is 11.8. The average molecular weight is 208 g/mol. The van der Waals surface area contributed by atoms with Gasteiger partial charge >= 0.3 is 0 Å². The van der Waals surface area contributed by atoms with Crippen molar-refractivity contribution in [2.45, 2.75) is 59.8 Å². The Morgan fingerprint density at radius 1 is 1.13 bits per heavy atom. The Labute approximate surface area is 93.6 Å². The molecule has 0 aromatic heterocycles. The van der Waals surface area contributed by atoms with Gasteiger partial charge in [-0.05, 0) is 42.4 Å². The molecule has 15 heavy (non-hydrogen) atoms. The van der Waals surface area contributed by atoms with Gasteiger partial charge < -0.3 is 0 Å². The molecule has 2 aliphatic rings. The van der Waals surface area contributed by atoms with Crippen LogP contribution < -0.4 is 0 Å². The molecule has 1 heteroatoms. The van der Waals surface area contributed by atoms with E-state index in [0.717, 1.165) is 12.8 Å². The lowest BCUT2D eigenvalue weighted by Crippen LogP contribution is -2.46. The summed E-state index contributed by atoms with van der Waals surface area (Å²) in [6, 6.07) is 0. The fourth-order valence-corrected chi connectivity index (χ4v) is 3.70. The number of ketones is 1. The SMILES string of the molecule is CC1C(=O)CCC2(C)CCC(C)(C)CC12. The summed E-state index contributed by atoms with van der Waals surface area (Å²) in [5.74, 6) is 1.46. The fraction of sp³-hybridized carbons (Fsp3) is 0.929. The van der Waals surface area contributed by atoms with Gasteiger partial charge in [0.2, 0.25) is 0 Å². The molecule has 0 saturated heterocycles. The molecule has 0 aromatic rings. The summed E-state index contributed by atoms with van der Waals surface area (Å²) >= 11 is 0. The smallest absolute Gasteiger partial charge is 0.136 e. The Morgan fingerprint density at radius 3 is 2.47 bits per heavy atom. The fourth-order valence-electron chi connectivity index (χ4n) is 3.70. The van der Waals surface area contributed by atoms with Gasteiger partial charge in [-0.3, -0.25) is 4.79 Å². The van der Waals surface area contributed by atoms with E-state index in [1.54, 1.807) is 0 Å². The molecule has 3 unspecified atom stereocenters. The molecule has 0 bridgehead atoms. The molecular weight excluding hydrogens is 184 g/mol. The van der Waals surface area contributed by atoms with Crippen molar-refractivity contribution in [3.05, 3.63) is 0 Å². The number of carbonyl (C=O) groups excluding carboxylic acids is 1. The molecule has 2 fully saturated rings. The van der Waals surface area contributed by atoms with Crippen molar-refractivity contribution in [1.82, 2.24) is 0 Å². The number of rotatable bonds is 0.